The lowest BCUT2D eigenvalue weighted by atomic mass is 10.2. The highest BCUT2D eigenvalue weighted by Crippen LogP contribution is 2.04. The van der Waals surface area contributed by atoms with E-state index in [-0.39, 0.29) is 5.69 Å². The third-order valence-electron chi connectivity index (χ3n) is 1.45. The molecule has 0 aliphatic carbocycles. The first kappa shape index (κ1) is 8.28. The number of carboxylic acid groups (broad SMARTS) is 1. The molecule has 1 rings (SSSR count). The molecular formula is C9H7NO2. The van der Waals surface area contributed by atoms with Crippen molar-refractivity contribution in [3.05, 3.63) is 29.1 Å². The highest BCUT2D eigenvalue weighted by atomic mass is 16.4. The van der Waals surface area contributed by atoms with Gasteiger partial charge in [-0.25, -0.2) is 9.78 Å². The Balaban J connectivity index is 3.25. The minimum Gasteiger partial charge on any atom is -0.477 e. The zero-order valence-electron chi connectivity index (χ0n) is 6.53. The van der Waals surface area contributed by atoms with Crippen molar-refractivity contribution in [2.45, 2.75) is 6.92 Å². The molecule has 1 heterocycles. The summed E-state index contributed by atoms with van der Waals surface area (Å²) in [6.07, 6.45) is 5.11. The molecule has 0 aliphatic rings. The van der Waals surface area contributed by atoms with Gasteiger partial charge in [-0.2, -0.15) is 0 Å². The average Bonchev–Trinajstić information content (AvgIpc) is 2.05. The van der Waals surface area contributed by atoms with Crippen LogP contribution >= 0.6 is 0 Å². The van der Waals surface area contributed by atoms with Crippen LogP contribution in [0.1, 0.15) is 21.7 Å². The van der Waals surface area contributed by atoms with E-state index < -0.39 is 5.97 Å². The van der Waals surface area contributed by atoms with Crippen LogP contribution in [0.2, 0.25) is 0 Å². The van der Waals surface area contributed by atoms with Crippen LogP contribution in [0.15, 0.2) is 12.1 Å². The molecule has 0 radical (unpaired) electrons. The summed E-state index contributed by atoms with van der Waals surface area (Å²) in [5.41, 5.74) is 1.17. The summed E-state index contributed by atoms with van der Waals surface area (Å²) in [4.78, 5) is 14.2. The van der Waals surface area contributed by atoms with Gasteiger partial charge in [0.05, 0.1) is 0 Å². The Morgan fingerprint density at radius 2 is 2.33 bits per heavy atom. The molecule has 0 atom stereocenters. The van der Waals surface area contributed by atoms with Crippen molar-refractivity contribution >= 4 is 5.97 Å². The number of aryl methyl sites for hydroxylation is 1. The van der Waals surface area contributed by atoms with Gasteiger partial charge in [0.2, 0.25) is 0 Å². The minimum atomic E-state index is -1.06. The van der Waals surface area contributed by atoms with E-state index in [1.165, 1.54) is 6.07 Å². The van der Waals surface area contributed by atoms with Crippen LogP contribution in [0.25, 0.3) is 0 Å². The molecule has 0 saturated carbocycles. The number of pyridine rings is 1. The minimum absolute atomic E-state index is 0.0199. The summed E-state index contributed by atoms with van der Waals surface area (Å²) in [6, 6.07) is 3.07. The molecule has 0 spiro atoms. The largest absolute Gasteiger partial charge is 0.477 e. The second-order valence-electron chi connectivity index (χ2n) is 2.31. The molecule has 0 unspecified atom stereocenters. The highest BCUT2D eigenvalue weighted by Gasteiger charge is 2.05. The number of rotatable bonds is 1. The molecule has 60 valence electrons. The van der Waals surface area contributed by atoms with Crippen molar-refractivity contribution in [3.8, 4) is 12.3 Å². The zero-order valence-corrected chi connectivity index (χ0v) is 6.53. The number of carboxylic acids is 1. The van der Waals surface area contributed by atoms with E-state index in [1.54, 1.807) is 13.0 Å². The van der Waals surface area contributed by atoms with Gasteiger partial charge < -0.3 is 5.11 Å². The molecule has 0 aliphatic heterocycles. The number of aromatic nitrogens is 1. The predicted octanol–water partition coefficient (Wildman–Crippen LogP) is 1.07. The van der Waals surface area contributed by atoms with Crippen molar-refractivity contribution < 1.29 is 9.90 Å². The van der Waals surface area contributed by atoms with Gasteiger partial charge in [-0.05, 0) is 24.5 Å². The molecule has 12 heavy (non-hydrogen) atoms. The standard InChI is InChI=1S/C9H7NO2/c1-3-7-6(2)4-5-8(10-7)9(11)12/h1,4-5H,2H3,(H,11,12). The van der Waals surface area contributed by atoms with Gasteiger partial charge in [-0.3, -0.25) is 0 Å². The number of carbonyl (C=O) groups is 1. The Labute approximate surface area is 70.1 Å². The molecule has 0 bridgehead atoms. The number of terminal acetylenes is 1. The van der Waals surface area contributed by atoms with E-state index in [1.807, 2.05) is 0 Å². The Morgan fingerprint density at radius 3 is 2.83 bits per heavy atom. The summed E-state index contributed by atoms with van der Waals surface area (Å²) in [5, 5.41) is 8.56. The van der Waals surface area contributed by atoms with Crippen molar-refractivity contribution in [2.75, 3.05) is 0 Å². The van der Waals surface area contributed by atoms with Crippen LogP contribution in [0.5, 0.6) is 0 Å². The fraction of sp³-hybridized carbons (Fsp3) is 0.111. The summed E-state index contributed by atoms with van der Waals surface area (Å²) in [7, 11) is 0. The quantitative estimate of drug-likeness (QED) is 0.627. The monoisotopic (exact) mass is 161 g/mol. The molecule has 0 fully saturated rings. The third kappa shape index (κ3) is 1.43. The molecule has 1 aromatic heterocycles. The predicted molar refractivity (Wildman–Crippen MR) is 43.9 cm³/mol. The molecule has 1 N–H and O–H groups in total. The summed E-state index contributed by atoms with van der Waals surface area (Å²) < 4.78 is 0. The molecule has 0 aromatic carbocycles. The van der Waals surface area contributed by atoms with Crippen molar-refractivity contribution in [3.63, 3.8) is 0 Å². The van der Waals surface area contributed by atoms with Gasteiger partial charge in [-0.1, -0.05) is 6.07 Å². The highest BCUT2D eigenvalue weighted by molar-refractivity contribution is 5.85. The second kappa shape index (κ2) is 3.05. The lowest BCUT2D eigenvalue weighted by Crippen LogP contribution is -2.02. The molecule has 1 aromatic rings. The summed E-state index contributed by atoms with van der Waals surface area (Å²) in [6.45, 7) is 1.79. The Kier molecular flexibility index (Phi) is 2.11. The molecule has 3 heteroatoms. The van der Waals surface area contributed by atoms with Gasteiger partial charge >= 0.3 is 5.97 Å². The normalized spacial score (nSPS) is 9.00. The maximum absolute atomic E-state index is 10.4. The lowest BCUT2D eigenvalue weighted by molar-refractivity contribution is 0.0690. The van der Waals surface area contributed by atoms with Gasteiger partial charge in [-0.15, -0.1) is 6.42 Å². The Morgan fingerprint density at radius 1 is 1.67 bits per heavy atom. The lowest BCUT2D eigenvalue weighted by Gasteiger charge is -1.97. The average molecular weight is 161 g/mol. The van der Waals surface area contributed by atoms with E-state index in [4.69, 9.17) is 11.5 Å². The van der Waals surface area contributed by atoms with E-state index in [0.717, 1.165) is 5.56 Å². The molecule has 3 nitrogen and oxygen atoms in total. The van der Waals surface area contributed by atoms with Gasteiger partial charge in [0.1, 0.15) is 11.4 Å². The number of aromatic carboxylic acids is 1. The third-order valence-corrected chi connectivity index (χ3v) is 1.45. The first-order chi connectivity index (χ1) is 5.65. The number of hydrogen-bond donors (Lipinski definition) is 1. The second-order valence-corrected chi connectivity index (χ2v) is 2.31. The summed E-state index contributed by atoms with van der Waals surface area (Å²) in [5.74, 6) is 1.25. The van der Waals surface area contributed by atoms with Crippen LogP contribution in [0, 0.1) is 19.3 Å². The number of nitrogens with zero attached hydrogens (tertiary/aromatic N) is 1. The maximum atomic E-state index is 10.4. The van der Waals surface area contributed by atoms with Crippen molar-refractivity contribution in [1.82, 2.24) is 4.98 Å². The van der Waals surface area contributed by atoms with E-state index in [9.17, 15) is 4.79 Å². The van der Waals surface area contributed by atoms with E-state index in [2.05, 4.69) is 10.9 Å². The summed E-state index contributed by atoms with van der Waals surface area (Å²) >= 11 is 0. The first-order valence-corrected chi connectivity index (χ1v) is 3.32. The van der Waals surface area contributed by atoms with Crippen LogP contribution in [0.3, 0.4) is 0 Å². The van der Waals surface area contributed by atoms with Crippen LogP contribution in [0.4, 0.5) is 0 Å². The van der Waals surface area contributed by atoms with Crippen molar-refractivity contribution in [1.29, 1.82) is 0 Å². The van der Waals surface area contributed by atoms with Gasteiger partial charge in [0.15, 0.2) is 0 Å². The molecule has 0 amide bonds. The van der Waals surface area contributed by atoms with E-state index in [0.29, 0.717) is 5.69 Å². The first-order valence-electron chi connectivity index (χ1n) is 3.32. The Bertz CT molecular complexity index is 363. The SMILES string of the molecule is C#Cc1nc(C(=O)O)ccc1C. The fourth-order valence-electron chi connectivity index (χ4n) is 0.794. The molecule has 0 saturated heterocycles. The molecular weight excluding hydrogens is 154 g/mol. The topological polar surface area (TPSA) is 50.2 Å². The maximum Gasteiger partial charge on any atom is 0.354 e. The van der Waals surface area contributed by atoms with E-state index >= 15 is 0 Å². The van der Waals surface area contributed by atoms with Gasteiger partial charge in [0, 0.05) is 0 Å². The van der Waals surface area contributed by atoms with Gasteiger partial charge in [0.25, 0.3) is 0 Å². The van der Waals surface area contributed by atoms with Crippen LogP contribution in [-0.4, -0.2) is 16.1 Å². The van der Waals surface area contributed by atoms with Crippen LogP contribution < -0.4 is 0 Å². The van der Waals surface area contributed by atoms with Crippen molar-refractivity contribution in [2.24, 2.45) is 0 Å². The smallest absolute Gasteiger partial charge is 0.354 e. The Hall–Kier alpha value is -1.82. The fourth-order valence-corrected chi connectivity index (χ4v) is 0.794. The van der Waals surface area contributed by atoms with Crippen LogP contribution in [-0.2, 0) is 0 Å². The number of hydrogen-bond acceptors (Lipinski definition) is 2. The zero-order chi connectivity index (χ0) is 9.14.